The molecule has 0 aliphatic carbocycles. The Kier molecular flexibility index (Phi) is 5.62. The van der Waals surface area contributed by atoms with Gasteiger partial charge in [0.2, 0.25) is 5.91 Å². The second-order valence-corrected chi connectivity index (χ2v) is 7.19. The van der Waals surface area contributed by atoms with E-state index in [0.717, 1.165) is 28.8 Å². The number of fused-ring (bicyclic) bond motifs is 1. The number of nitrogens with zero attached hydrogens (tertiary/aromatic N) is 2. The quantitative estimate of drug-likeness (QED) is 0.608. The third kappa shape index (κ3) is 3.84. The lowest BCUT2D eigenvalue weighted by molar-refractivity contribution is -0.123. The van der Waals surface area contributed by atoms with Gasteiger partial charge in [-0.3, -0.25) is 9.59 Å². The predicted octanol–water partition coefficient (Wildman–Crippen LogP) is 3.65. The third-order valence-corrected chi connectivity index (χ3v) is 5.38. The number of hydrogen-bond donors (Lipinski definition) is 2. The van der Waals surface area contributed by atoms with Crippen molar-refractivity contribution in [1.29, 1.82) is 0 Å². The maximum Gasteiger partial charge on any atom is 0.251 e. The smallest absolute Gasteiger partial charge is 0.251 e. The number of amides is 2. The normalized spacial score (nSPS) is 14.7. The lowest BCUT2D eigenvalue weighted by atomic mass is 10.1. The first-order valence-electron chi connectivity index (χ1n) is 10.0. The van der Waals surface area contributed by atoms with Crippen LogP contribution in [0.5, 0.6) is 11.5 Å². The van der Waals surface area contributed by atoms with E-state index in [1.165, 1.54) is 0 Å². The molecule has 1 atom stereocenters. The number of methoxy groups -OCH3 is 2. The fourth-order valence-electron chi connectivity index (χ4n) is 3.76. The summed E-state index contributed by atoms with van der Waals surface area (Å²) in [5.41, 5.74) is 3.37. The van der Waals surface area contributed by atoms with Crippen molar-refractivity contribution in [3.63, 3.8) is 0 Å². The number of benzene rings is 2. The van der Waals surface area contributed by atoms with Crippen LogP contribution in [-0.4, -0.2) is 35.8 Å². The lowest BCUT2D eigenvalue weighted by Gasteiger charge is -2.12. The number of rotatable bonds is 7. The molecule has 1 aliphatic rings. The molecule has 0 radical (unpaired) electrons. The zero-order valence-electron chi connectivity index (χ0n) is 17.6. The van der Waals surface area contributed by atoms with E-state index in [4.69, 9.17) is 9.47 Å². The molecule has 2 heterocycles. The molecule has 2 aromatic carbocycles. The van der Waals surface area contributed by atoms with Gasteiger partial charge >= 0.3 is 0 Å². The molecule has 0 saturated carbocycles. The minimum absolute atomic E-state index is 0.00998. The number of carbonyl (C=O) groups excluding carboxylic acids is 2. The summed E-state index contributed by atoms with van der Waals surface area (Å²) in [4.78, 5) is 25.3. The Bertz CT molecular complexity index is 1140. The largest absolute Gasteiger partial charge is 0.493 e. The highest BCUT2D eigenvalue weighted by atomic mass is 16.5. The average molecular weight is 420 g/mol. The lowest BCUT2D eigenvalue weighted by Crippen LogP contribution is -2.23. The SMILES string of the molecule is CCc1ccccc1NC(=O)CC1C(=O)Nc2c(-c3ccc(OC)c(OC)c3)cnn21. The van der Waals surface area contributed by atoms with Crippen LogP contribution in [0.3, 0.4) is 0 Å². The van der Waals surface area contributed by atoms with Gasteiger partial charge < -0.3 is 20.1 Å². The molecule has 31 heavy (non-hydrogen) atoms. The van der Waals surface area contributed by atoms with Gasteiger partial charge in [0.05, 0.1) is 26.8 Å². The van der Waals surface area contributed by atoms with Gasteiger partial charge in [0.15, 0.2) is 11.5 Å². The molecule has 8 nitrogen and oxygen atoms in total. The molecule has 3 aromatic rings. The summed E-state index contributed by atoms with van der Waals surface area (Å²) in [6.45, 7) is 2.03. The second kappa shape index (κ2) is 8.51. The minimum atomic E-state index is -0.710. The van der Waals surface area contributed by atoms with Gasteiger partial charge in [0.1, 0.15) is 11.9 Å². The van der Waals surface area contributed by atoms with Crippen LogP contribution in [0.25, 0.3) is 11.1 Å². The third-order valence-electron chi connectivity index (χ3n) is 5.38. The zero-order valence-corrected chi connectivity index (χ0v) is 17.6. The maximum absolute atomic E-state index is 12.7. The Morgan fingerprint density at radius 3 is 2.68 bits per heavy atom. The Labute approximate surface area is 180 Å². The monoisotopic (exact) mass is 420 g/mol. The van der Waals surface area contributed by atoms with Crippen molar-refractivity contribution in [2.45, 2.75) is 25.8 Å². The second-order valence-electron chi connectivity index (χ2n) is 7.19. The number of anilines is 2. The summed E-state index contributed by atoms with van der Waals surface area (Å²) >= 11 is 0. The topological polar surface area (TPSA) is 94.5 Å². The molecule has 1 aliphatic heterocycles. The van der Waals surface area contributed by atoms with E-state index in [1.807, 2.05) is 43.3 Å². The fourth-order valence-corrected chi connectivity index (χ4v) is 3.76. The van der Waals surface area contributed by atoms with Crippen molar-refractivity contribution in [2.24, 2.45) is 0 Å². The number of aryl methyl sites for hydroxylation is 1. The Morgan fingerprint density at radius 1 is 1.16 bits per heavy atom. The van der Waals surface area contributed by atoms with Gasteiger partial charge in [0.25, 0.3) is 5.91 Å². The molecule has 2 N–H and O–H groups in total. The van der Waals surface area contributed by atoms with Crippen LogP contribution in [0.4, 0.5) is 11.5 Å². The molecule has 4 rings (SSSR count). The zero-order chi connectivity index (χ0) is 22.0. The van der Waals surface area contributed by atoms with E-state index in [1.54, 1.807) is 31.2 Å². The van der Waals surface area contributed by atoms with E-state index in [-0.39, 0.29) is 18.2 Å². The highest BCUT2D eigenvalue weighted by molar-refractivity contribution is 6.04. The number of para-hydroxylation sites is 1. The predicted molar refractivity (Wildman–Crippen MR) is 118 cm³/mol. The molecular formula is C23H24N4O4. The molecule has 0 spiro atoms. The van der Waals surface area contributed by atoms with Gasteiger partial charge in [0, 0.05) is 11.3 Å². The molecule has 2 amide bonds. The van der Waals surface area contributed by atoms with Gasteiger partial charge in [-0.15, -0.1) is 0 Å². The molecule has 1 aromatic heterocycles. The van der Waals surface area contributed by atoms with Crippen LogP contribution < -0.4 is 20.1 Å². The number of nitrogens with one attached hydrogen (secondary N) is 2. The number of hydrogen-bond acceptors (Lipinski definition) is 5. The van der Waals surface area contributed by atoms with Gasteiger partial charge in [-0.1, -0.05) is 31.2 Å². The number of carbonyl (C=O) groups is 2. The summed E-state index contributed by atoms with van der Waals surface area (Å²) in [5.74, 6) is 1.25. The fraction of sp³-hybridized carbons (Fsp3) is 0.261. The minimum Gasteiger partial charge on any atom is -0.493 e. The summed E-state index contributed by atoms with van der Waals surface area (Å²) < 4.78 is 12.2. The summed E-state index contributed by atoms with van der Waals surface area (Å²) in [6.07, 6.45) is 2.47. The Hall–Kier alpha value is -3.81. The standard InChI is InChI=1S/C23H24N4O4/c1-4-14-7-5-6-8-17(14)25-21(28)12-18-23(29)26-22-16(13-24-27(18)22)15-9-10-19(30-2)20(11-15)31-3/h5-11,13,18H,4,12H2,1-3H3,(H,25,28)(H,26,29). The first kappa shape index (κ1) is 20.5. The van der Waals surface area contributed by atoms with Crippen LogP contribution in [-0.2, 0) is 16.0 Å². The molecule has 0 bridgehead atoms. The van der Waals surface area contributed by atoms with Crippen molar-refractivity contribution in [3.05, 3.63) is 54.2 Å². The summed E-state index contributed by atoms with van der Waals surface area (Å²) in [7, 11) is 3.14. The van der Waals surface area contributed by atoms with Crippen molar-refractivity contribution in [3.8, 4) is 22.6 Å². The number of ether oxygens (including phenoxy) is 2. The van der Waals surface area contributed by atoms with Gasteiger partial charge in [-0.2, -0.15) is 5.10 Å². The van der Waals surface area contributed by atoms with E-state index in [2.05, 4.69) is 15.7 Å². The molecule has 160 valence electrons. The molecular weight excluding hydrogens is 396 g/mol. The van der Waals surface area contributed by atoms with Crippen LogP contribution >= 0.6 is 0 Å². The van der Waals surface area contributed by atoms with Crippen molar-refractivity contribution >= 4 is 23.3 Å². The average Bonchev–Trinajstić information content (AvgIpc) is 3.32. The first-order chi connectivity index (χ1) is 15.0. The first-order valence-corrected chi connectivity index (χ1v) is 10.0. The van der Waals surface area contributed by atoms with E-state index in [9.17, 15) is 9.59 Å². The molecule has 0 saturated heterocycles. The summed E-state index contributed by atoms with van der Waals surface area (Å²) in [6, 6.07) is 12.4. The van der Waals surface area contributed by atoms with Gasteiger partial charge in [-0.05, 0) is 35.7 Å². The van der Waals surface area contributed by atoms with Crippen LogP contribution in [0.15, 0.2) is 48.7 Å². The van der Waals surface area contributed by atoms with Gasteiger partial charge in [-0.25, -0.2) is 4.68 Å². The van der Waals surface area contributed by atoms with E-state index < -0.39 is 6.04 Å². The Morgan fingerprint density at radius 2 is 1.94 bits per heavy atom. The molecule has 1 unspecified atom stereocenters. The summed E-state index contributed by atoms with van der Waals surface area (Å²) in [5, 5.41) is 10.2. The van der Waals surface area contributed by atoms with E-state index in [0.29, 0.717) is 17.3 Å². The van der Waals surface area contributed by atoms with E-state index >= 15 is 0 Å². The maximum atomic E-state index is 12.7. The van der Waals surface area contributed by atoms with Crippen molar-refractivity contribution < 1.29 is 19.1 Å². The highest BCUT2D eigenvalue weighted by Gasteiger charge is 2.35. The number of aromatic nitrogens is 2. The molecule has 8 heteroatoms. The Balaban J connectivity index is 1.56. The van der Waals surface area contributed by atoms with Crippen molar-refractivity contribution in [1.82, 2.24) is 9.78 Å². The van der Waals surface area contributed by atoms with Crippen LogP contribution in [0.2, 0.25) is 0 Å². The van der Waals surface area contributed by atoms with Crippen LogP contribution in [0.1, 0.15) is 24.9 Å². The van der Waals surface area contributed by atoms with Crippen LogP contribution in [0, 0.1) is 0 Å². The highest BCUT2D eigenvalue weighted by Crippen LogP contribution is 2.39. The molecule has 0 fully saturated rings. The van der Waals surface area contributed by atoms with Crippen molar-refractivity contribution in [2.75, 3.05) is 24.9 Å².